The number of hydrogen-bond acceptors (Lipinski definition) is 3. The van der Waals surface area contributed by atoms with Crippen LogP contribution in [0, 0.1) is 5.92 Å². The number of Topliss-reactive ketones (excluding diaryl/α,β-unsaturated/α-hetero) is 2. The van der Waals surface area contributed by atoms with Crippen molar-refractivity contribution >= 4 is 17.5 Å². The monoisotopic (exact) mass is 271 g/mol. The van der Waals surface area contributed by atoms with Crippen LogP contribution in [0.4, 0.5) is 0 Å². The van der Waals surface area contributed by atoms with Gasteiger partial charge in [0.25, 0.3) is 5.91 Å². The van der Waals surface area contributed by atoms with E-state index in [2.05, 4.69) is 0 Å². The first-order chi connectivity index (χ1) is 9.52. The number of amides is 1. The normalized spacial score (nSPS) is 24.9. The quantitative estimate of drug-likeness (QED) is 0.827. The van der Waals surface area contributed by atoms with Crippen molar-refractivity contribution in [3.05, 3.63) is 35.4 Å². The van der Waals surface area contributed by atoms with Gasteiger partial charge in [0.2, 0.25) is 0 Å². The fourth-order valence-corrected chi connectivity index (χ4v) is 3.22. The molecule has 20 heavy (non-hydrogen) atoms. The van der Waals surface area contributed by atoms with Gasteiger partial charge in [0.15, 0.2) is 11.6 Å². The molecule has 0 N–H and O–H groups in total. The second-order valence-electron chi connectivity index (χ2n) is 5.79. The lowest BCUT2D eigenvalue weighted by molar-refractivity contribution is -0.125. The van der Waals surface area contributed by atoms with Gasteiger partial charge in [-0.2, -0.15) is 0 Å². The van der Waals surface area contributed by atoms with Gasteiger partial charge in [-0.1, -0.05) is 32.0 Å². The lowest BCUT2D eigenvalue weighted by Crippen LogP contribution is -2.52. The molecule has 104 valence electrons. The van der Waals surface area contributed by atoms with E-state index in [1.807, 2.05) is 13.8 Å². The summed E-state index contributed by atoms with van der Waals surface area (Å²) in [4.78, 5) is 38.9. The molecule has 1 aromatic carbocycles. The van der Waals surface area contributed by atoms with Gasteiger partial charge in [0.05, 0.1) is 17.6 Å². The largest absolute Gasteiger partial charge is 0.318 e. The zero-order valence-corrected chi connectivity index (χ0v) is 11.6. The number of carbonyl (C=O) groups excluding carboxylic acids is 3. The van der Waals surface area contributed by atoms with Crippen LogP contribution in [-0.2, 0) is 4.79 Å². The highest BCUT2D eigenvalue weighted by molar-refractivity contribution is 6.16. The lowest BCUT2D eigenvalue weighted by atomic mass is 9.92. The molecule has 2 unspecified atom stereocenters. The van der Waals surface area contributed by atoms with Crippen molar-refractivity contribution in [2.45, 2.75) is 38.8 Å². The van der Waals surface area contributed by atoms with Crippen molar-refractivity contribution in [2.24, 2.45) is 5.92 Å². The minimum absolute atomic E-state index is 0.0285. The average molecular weight is 271 g/mol. The van der Waals surface area contributed by atoms with Crippen LogP contribution in [0.25, 0.3) is 0 Å². The SMILES string of the molecule is CC(C)C(=O)C1CCC2C(=O)c3ccccc3C(=O)N21. The maximum absolute atomic E-state index is 12.6. The third-order valence-electron chi connectivity index (χ3n) is 4.24. The van der Waals surface area contributed by atoms with Gasteiger partial charge < -0.3 is 4.90 Å². The van der Waals surface area contributed by atoms with Crippen LogP contribution in [0.3, 0.4) is 0 Å². The average Bonchev–Trinajstić information content (AvgIpc) is 2.89. The molecular weight excluding hydrogens is 254 g/mol. The van der Waals surface area contributed by atoms with Gasteiger partial charge in [0.1, 0.15) is 0 Å². The van der Waals surface area contributed by atoms with Crippen molar-refractivity contribution in [3.63, 3.8) is 0 Å². The zero-order chi connectivity index (χ0) is 14.4. The first-order valence-electron chi connectivity index (χ1n) is 7.02. The molecule has 0 radical (unpaired) electrons. The minimum Gasteiger partial charge on any atom is -0.318 e. The van der Waals surface area contributed by atoms with Crippen molar-refractivity contribution in [3.8, 4) is 0 Å². The number of ketones is 2. The Morgan fingerprint density at radius 3 is 2.45 bits per heavy atom. The summed E-state index contributed by atoms with van der Waals surface area (Å²) in [6.45, 7) is 3.67. The highest BCUT2D eigenvalue weighted by atomic mass is 16.2. The summed E-state index contributed by atoms with van der Waals surface area (Å²) in [5.41, 5.74) is 0.925. The predicted octanol–water partition coefficient (Wildman–Crippen LogP) is 2.08. The van der Waals surface area contributed by atoms with E-state index in [0.29, 0.717) is 24.0 Å². The number of carbonyl (C=O) groups is 3. The van der Waals surface area contributed by atoms with Crippen LogP contribution < -0.4 is 0 Å². The fraction of sp³-hybridized carbons (Fsp3) is 0.438. The molecule has 2 aliphatic heterocycles. The Balaban J connectivity index is 2.04. The standard InChI is InChI=1S/C16H17NO3/c1-9(2)14(18)12-7-8-13-15(19)10-5-3-4-6-11(10)16(20)17(12)13/h3-6,9,12-13H,7-8H2,1-2H3. The molecule has 2 atom stereocenters. The Hall–Kier alpha value is -1.97. The first kappa shape index (κ1) is 13.0. The topological polar surface area (TPSA) is 54.5 Å². The molecule has 2 aliphatic rings. The number of nitrogens with zero attached hydrogens (tertiary/aromatic N) is 1. The Morgan fingerprint density at radius 1 is 1.15 bits per heavy atom. The summed E-state index contributed by atoms with van der Waals surface area (Å²) in [5, 5.41) is 0. The number of benzene rings is 1. The minimum atomic E-state index is -0.454. The van der Waals surface area contributed by atoms with Gasteiger partial charge in [-0.15, -0.1) is 0 Å². The number of rotatable bonds is 2. The van der Waals surface area contributed by atoms with Gasteiger partial charge in [0, 0.05) is 11.5 Å². The summed E-state index contributed by atoms with van der Waals surface area (Å²) in [7, 11) is 0. The van der Waals surface area contributed by atoms with Crippen LogP contribution >= 0.6 is 0 Å². The smallest absolute Gasteiger partial charge is 0.255 e. The van der Waals surface area contributed by atoms with Crippen molar-refractivity contribution in [1.29, 1.82) is 0 Å². The molecule has 0 aliphatic carbocycles. The van der Waals surface area contributed by atoms with E-state index in [0.717, 1.165) is 0 Å². The summed E-state index contributed by atoms with van der Waals surface area (Å²) < 4.78 is 0. The maximum atomic E-state index is 12.6. The van der Waals surface area contributed by atoms with Crippen LogP contribution in [0.1, 0.15) is 47.4 Å². The maximum Gasteiger partial charge on any atom is 0.255 e. The second-order valence-corrected chi connectivity index (χ2v) is 5.79. The summed E-state index contributed by atoms with van der Waals surface area (Å²) in [6, 6.07) is 5.99. The van der Waals surface area contributed by atoms with Gasteiger partial charge in [-0.3, -0.25) is 14.4 Å². The van der Waals surface area contributed by atoms with E-state index in [1.54, 1.807) is 24.3 Å². The number of hydrogen-bond donors (Lipinski definition) is 0. The van der Waals surface area contributed by atoms with E-state index in [1.165, 1.54) is 4.90 Å². The summed E-state index contributed by atoms with van der Waals surface area (Å²) in [6.07, 6.45) is 1.18. The molecule has 1 aromatic rings. The van der Waals surface area contributed by atoms with E-state index in [9.17, 15) is 14.4 Å². The Labute approximate surface area is 117 Å². The molecule has 0 bridgehead atoms. The molecule has 2 heterocycles. The van der Waals surface area contributed by atoms with Gasteiger partial charge in [-0.05, 0) is 18.9 Å². The molecule has 0 aromatic heterocycles. The lowest BCUT2D eigenvalue weighted by Gasteiger charge is -2.34. The van der Waals surface area contributed by atoms with Crippen LogP contribution in [0.5, 0.6) is 0 Å². The van der Waals surface area contributed by atoms with Gasteiger partial charge in [-0.25, -0.2) is 0 Å². The molecule has 4 nitrogen and oxygen atoms in total. The van der Waals surface area contributed by atoms with Crippen molar-refractivity contribution in [2.75, 3.05) is 0 Å². The Morgan fingerprint density at radius 2 is 1.80 bits per heavy atom. The second kappa shape index (κ2) is 4.54. The third kappa shape index (κ3) is 1.71. The van der Waals surface area contributed by atoms with E-state index < -0.39 is 12.1 Å². The predicted molar refractivity (Wildman–Crippen MR) is 73.6 cm³/mol. The first-order valence-corrected chi connectivity index (χ1v) is 7.02. The van der Waals surface area contributed by atoms with E-state index in [-0.39, 0.29) is 23.4 Å². The zero-order valence-electron chi connectivity index (χ0n) is 11.6. The number of fused-ring (bicyclic) bond motifs is 2. The van der Waals surface area contributed by atoms with Crippen molar-refractivity contribution < 1.29 is 14.4 Å². The van der Waals surface area contributed by atoms with Crippen LogP contribution in [-0.4, -0.2) is 34.5 Å². The Kier molecular flexibility index (Phi) is 2.96. The molecule has 4 heteroatoms. The molecule has 1 fully saturated rings. The molecule has 1 amide bonds. The van der Waals surface area contributed by atoms with Crippen LogP contribution in [0.2, 0.25) is 0 Å². The summed E-state index contributed by atoms with van der Waals surface area (Å²) in [5.74, 6) is -0.284. The van der Waals surface area contributed by atoms with Crippen molar-refractivity contribution in [1.82, 2.24) is 4.90 Å². The summed E-state index contributed by atoms with van der Waals surface area (Å²) >= 11 is 0. The Bertz CT molecular complexity index is 605. The molecule has 3 rings (SSSR count). The third-order valence-corrected chi connectivity index (χ3v) is 4.24. The van der Waals surface area contributed by atoms with Crippen LogP contribution in [0.15, 0.2) is 24.3 Å². The molecular formula is C16H17NO3. The van der Waals surface area contributed by atoms with E-state index >= 15 is 0 Å². The fourth-order valence-electron chi connectivity index (χ4n) is 3.22. The highest BCUT2D eigenvalue weighted by Gasteiger charge is 2.48. The van der Waals surface area contributed by atoms with E-state index in [4.69, 9.17) is 0 Å². The molecule has 0 saturated carbocycles. The van der Waals surface area contributed by atoms with Gasteiger partial charge >= 0.3 is 0 Å². The highest BCUT2D eigenvalue weighted by Crippen LogP contribution is 2.35. The molecule has 0 spiro atoms. The molecule has 1 saturated heterocycles.